The van der Waals surface area contributed by atoms with Gasteiger partial charge in [0.1, 0.15) is 5.82 Å². The molecule has 4 rings (SSSR count). The van der Waals surface area contributed by atoms with Gasteiger partial charge in [-0.2, -0.15) is 0 Å². The lowest BCUT2D eigenvalue weighted by Gasteiger charge is -2.34. The van der Waals surface area contributed by atoms with E-state index in [1.165, 1.54) is 24.3 Å². The highest BCUT2D eigenvalue weighted by atomic mass is 35.5. The van der Waals surface area contributed by atoms with Crippen LogP contribution in [0.2, 0.25) is 5.02 Å². The summed E-state index contributed by atoms with van der Waals surface area (Å²) in [4.78, 5) is 20.9. The molecule has 2 heterocycles. The molecule has 5 nitrogen and oxygen atoms in total. The summed E-state index contributed by atoms with van der Waals surface area (Å²) in [5.41, 5.74) is 1.40. The van der Waals surface area contributed by atoms with Crippen LogP contribution in [0.1, 0.15) is 16.2 Å². The summed E-state index contributed by atoms with van der Waals surface area (Å²) in [5.74, 6) is 0.902. The molecule has 1 aliphatic rings. The number of piperazine rings is 1. The maximum Gasteiger partial charge on any atom is 0.253 e. The molecule has 1 aromatic heterocycles. The smallest absolute Gasteiger partial charge is 0.253 e. The topological polar surface area (TPSA) is 49.6 Å². The first kappa shape index (κ1) is 18.7. The summed E-state index contributed by atoms with van der Waals surface area (Å²) in [7, 11) is 0. The zero-order chi connectivity index (χ0) is 19.5. The molecule has 0 radical (unpaired) electrons. The summed E-state index contributed by atoms with van der Waals surface area (Å²) in [6.07, 6.45) is 1.70. The number of hydrogen-bond acceptors (Lipinski definition) is 4. The van der Waals surface area contributed by atoms with Gasteiger partial charge in [0, 0.05) is 42.3 Å². The standard InChI is InChI=1S/C21H19ClFN3O2/c22-17-3-1-2-16(12-17)19-13-24-20(28-19)14-25-8-10-26(11-9-25)21(27)15-4-6-18(23)7-5-15/h1-7,12-13H,8-11,14H2. The van der Waals surface area contributed by atoms with Crippen molar-refractivity contribution in [1.82, 2.24) is 14.8 Å². The number of hydrogen-bond donors (Lipinski definition) is 0. The Balaban J connectivity index is 1.33. The van der Waals surface area contributed by atoms with Crippen LogP contribution in [0.5, 0.6) is 0 Å². The van der Waals surface area contributed by atoms with E-state index in [9.17, 15) is 9.18 Å². The van der Waals surface area contributed by atoms with Crippen molar-refractivity contribution in [3.63, 3.8) is 0 Å². The quantitative estimate of drug-likeness (QED) is 0.663. The summed E-state index contributed by atoms with van der Waals surface area (Å²) < 4.78 is 18.9. The van der Waals surface area contributed by atoms with Gasteiger partial charge in [-0.25, -0.2) is 9.37 Å². The number of amides is 1. The molecule has 0 spiro atoms. The van der Waals surface area contributed by atoms with E-state index in [4.69, 9.17) is 16.0 Å². The Bertz CT molecular complexity index is 966. The van der Waals surface area contributed by atoms with Crippen molar-refractivity contribution in [2.45, 2.75) is 6.54 Å². The van der Waals surface area contributed by atoms with Crippen molar-refractivity contribution in [2.75, 3.05) is 26.2 Å². The molecule has 0 aliphatic carbocycles. The van der Waals surface area contributed by atoms with Crippen LogP contribution in [0.3, 0.4) is 0 Å². The molecule has 1 saturated heterocycles. The molecule has 0 bridgehead atoms. The highest BCUT2D eigenvalue weighted by Gasteiger charge is 2.23. The predicted molar refractivity (Wildman–Crippen MR) is 105 cm³/mol. The van der Waals surface area contributed by atoms with E-state index < -0.39 is 0 Å². The van der Waals surface area contributed by atoms with Crippen LogP contribution in [0.15, 0.2) is 59.1 Å². The van der Waals surface area contributed by atoms with E-state index in [0.29, 0.717) is 41.9 Å². The van der Waals surface area contributed by atoms with E-state index in [1.54, 1.807) is 11.1 Å². The third kappa shape index (κ3) is 4.24. The molecule has 0 unspecified atom stereocenters. The summed E-state index contributed by atoms with van der Waals surface area (Å²) in [5, 5.41) is 0.650. The van der Waals surface area contributed by atoms with E-state index >= 15 is 0 Å². The fraction of sp³-hybridized carbons (Fsp3) is 0.238. The van der Waals surface area contributed by atoms with Crippen LogP contribution in [-0.4, -0.2) is 46.9 Å². The number of carbonyl (C=O) groups is 1. The Morgan fingerprint density at radius 1 is 1.11 bits per heavy atom. The first-order valence-electron chi connectivity index (χ1n) is 9.06. The number of rotatable bonds is 4. The Hall–Kier alpha value is -2.70. The highest BCUT2D eigenvalue weighted by molar-refractivity contribution is 6.30. The minimum atomic E-state index is -0.343. The van der Waals surface area contributed by atoms with E-state index in [2.05, 4.69) is 9.88 Å². The molecule has 28 heavy (non-hydrogen) atoms. The summed E-state index contributed by atoms with van der Waals surface area (Å²) in [6, 6.07) is 13.1. The maximum absolute atomic E-state index is 13.0. The molecule has 3 aromatic rings. The third-order valence-corrected chi connectivity index (χ3v) is 5.01. The minimum absolute atomic E-state index is 0.0704. The fourth-order valence-electron chi connectivity index (χ4n) is 3.23. The van der Waals surface area contributed by atoms with Gasteiger partial charge in [0.05, 0.1) is 12.7 Å². The molecule has 1 amide bonds. The van der Waals surface area contributed by atoms with Crippen LogP contribution in [-0.2, 0) is 6.54 Å². The molecule has 0 saturated carbocycles. The SMILES string of the molecule is O=C(c1ccc(F)cc1)N1CCN(Cc2ncc(-c3cccc(Cl)c3)o2)CC1. The van der Waals surface area contributed by atoms with Gasteiger partial charge in [-0.3, -0.25) is 9.69 Å². The van der Waals surface area contributed by atoms with Gasteiger partial charge >= 0.3 is 0 Å². The van der Waals surface area contributed by atoms with E-state index in [-0.39, 0.29) is 11.7 Å². The average Bonchev–Trinajstić information content (AvgIpc) is 3.17. The van der Waals surface area contributed by atoms with Crippen LogP contribution in [0.4, 0.5) is 4.39 Å². The first-order valence-corrected chi connectivity index (χ1v) is 9.44. The molecule has 2 aromatic carbocycles. The van der Waals surface area contributed by atoms with Gasteiger partial charge in [0.15, 0.2) is 5.76 Å². The Morgan fingerprint density at radius 3 is 2.57 bits per heavy atom. The fourth-order valence-corrected chi connectivity index (χ4v) is 3.42. The van der Waals surface area contributed by atoms with Gasteiger partial charge in [0.2, 0.25) is 5.89 Å². The van der Waals surface area contributed by atoms with Crippen molar-refractivity contribution in [3.8, 4) is 11.3 Å². The summed E-state index contributed by atoms with van der Waals surface area (Å²) >= 11 is 6.03. The van der Waals surface area contributed by atoms with Crippen molar-refractivity contribution in [3.05, 3.63) is 77.0 Å². The largest absolute Gasteiger partial charge is 0.439 e. The maximum atomic E-state index is 13.0. The lowest BCUT2D eigenvalue weighted by Crippen LogP contribution is -2.48. The number of aromatic nitrogens is 1. The molecule has 144 valence electrons. The highest BCUT2D eigenvalue weighted by Crippen LogP contribution is 2.24. The van der Waals surface area contributed by atoms with E-state index in [1.807, 2.05) is 24.3 Å². The lowest BCUT2D eigenvalue weighted by molar-refractivity contribution is 0.0618. The monoisotopic (exact) mass is 399 g/mol. The van der Waals surface area contributed by atoms with Crippen LogP contribution >= 0.6 is 11.6 Å². The Morgan fingerprint density at radius 2 is 1.86 bits per heavy atom. The van der Waals surface area contributed by atoms with Crippen LogP contribution in [0, 0.1) is 5.82 Å². The van der Waals surface area contributed by atoms with Gasteiger partial charge < -0.3 is 9.32 Å². The molecule has 1 aliphatic heterocycles. The average molecular weight is 400 g/mol. The summed E-state index contributed by atoms with van der Waals surface area (Å²) in [6.45, 7) is 3.25. The number of benzene rings is 2. The zero-order valence-corrected chi connectivity index (χ0v) is 15.9. The van der Waals surface area contributed by atoms with Gasteiger partial charge in [-0.05, 0) is 36.4 Å². The molecule has 7 heteroatoms. The third-order valence-electron chi connectivity index (χ3n) is 4.77. The number of carbonyl (C=O) groups excluding carboxylic acids is 1. The number of oxazole rings is 1. The van der Waals surface area contributed by atoms with Gasteiger partial charge in [-0.15, -0.1) is 0 Å². The molecular formula is C21H19ClFN3O2. The van der Waals surface area contributed by atoms with Crippen molar-refractivity contribution < 1.29 is 13.6 Å². The molecular weight excluding hydrogens is 381 g/mol. The lowest BCUT2D eigenvalue weighted by atomic mass is 10.2. The van der Waals surface area contributed by atoms with Gasteiger partial charge in [0.25, 0.3) is 5.91 Å². The second kappa shape index (κ2) is 8.12. The Labute approximate surface area is 167 Å². The number of halogens is 2. The zero-order valence-electron chi connectivity index (χ0n) is 15.1. The predicted octanol–water partition coefficient (Wildman–Crippen LogP) is 4.09. The second-order valence-electron chi connectivity index (χ2n) is 6.70. The minimum Gasteiger partial charge on any atom is -0.439 e. The Kier molecular flexibility index (Phi) is 5.41. The number of nitrogens with zero attached hydrogens (tertiary/aromatic N) is 3. The van der Waals surface area contributed by atoms with E-state index in [0.717, 1.165) is 18.7 Å². The second-order valence-corrected chi connectivity index (χ2v) is 7.14. The van der Waals surface area contributed by atoms with Crippen molar-refractivity contribution >= 4 is 17.5 Å². The normalized spacial score (nSPS) is 15.0. The molecule has 0 atom stereocenters. The molecule has 1 fully saturated rings. The van der Waals surface area contributed by atoms with Gasteiger partial charge in [-0.1, -0.05) is 23.7 Å². The van der Waals surface area contributed by atoms with Crippen molar-refractivity contribution in [2.24, 2.45) is 0 Å². The molecule has 0 N–H and O–H groups in total. The first-order chi connectivity index (χ1) is 13.6. The van der Waals surface area contributed by atoms with Crippen LogP contribution < -0.4 is 0 Å². The van der Waals surface area contributed by atoms with Crippen LogP contribution in [0.25, 0.3) is 11.3 Å². The van der Waals surface area contributed by atoms with Crippen molar-refractivity contribution in [1.29, 1.82) is 0 Å².